The van der Waals surface area contributed by atoms with Gasteiger partial charge in [-0.1, -0.05) is 60.7 Å². The van der Waals surface area contributed by atoms with Crippen molar-refractivity contribution in [3.05, 3.63) is 82.8 Å². The van der Waals surface area contributed by atoms with E-state index in [1.165, 1.54) is 11.3 Å². The molecule has 0 aliphatic rings. The quantitative estimate of drug-likeness (QED) is 0.508. The summed E-state index contributed by atoms with van der Waals surface area (Å²) in [5.74, 6) is 0. The fourth-order valence-corrected chi connectivity index (χ4v) is 3.47. The van der Waals surface area contributed by atoms with Crippen LogP contribution in [0.5, 0.6) is 0 Å². The average Bonchev–Trinajstić information content (AvgIpc) is 3.37. The van der Waals surface area contributed by atoms with Crippen molar-refractivity contribution in [1.82, 2.24) is 15.2 Å². The van der Waals surface area contributed by atoms with Crippen LogP contribution in [0.3, 0.4) is 0 Å². The Balaban J connectivity index is 1.71. The Hall–Kier alpha value is -3.49. The number of nitrogens with zero attached hydrogens (tertiary/aromatic N) is 3. The molecular weight excluding hydrogens is 340 g/mol. The number of benzene rings is 2. The van der Waals surface area contributed by atoms with E-state index >= 15 is 0 Å². The highest BCUT2D eigenvalue weighted by Crippen LogP contribution is 2.29. The maximum absolute atomic E-state index is 9.64. The van der Waals surface area contributed by atoms with Crippen molar-refractivity contribution in [3.63, 3.8) is 0 Å². The lowest BCUT2D eigenvalue weighted by Gasteiger charge is -2.00. The lowest BCUT2D eigenvalue weighted by Crippen LogP contribution is -1.84. The fourth-order valence-electron chi connectivity index (χ4n) is 2.68. The van der Waals surface area contributed by atoms with Gasteiger partial charge in [-0.15, -0.1) is 11.3 Å². The van der Waals surface area contributed by atoms with Gasteiger partial charge in [-0.25, -0.2) is 4.98 Å². The van der Waals surface area contributed by atoms with Gasteiger partial charge in [0.1, 0.15) is 11.1 Å². The molecule has 5 heteroatoms. The van der Waals surface area contributed by atoms with Gasteiger partial charge in [0.2, 0.25) is 0 Å². The summed E-state index contributed by atoms with van der Waals surface area (Å²) in [5.41, 5.74) is 5.22. The molecule has 0 bridgehead atoms. The molecule has 0 saturated heterocycles. The van der Waals surface area contributed by atoms with Crippen molar-refractivity contribution in [3.8, 4) is 28.6 Å². The molecular formula is C21H14N4S. The summed E-state index contributed by atoms with van der Waals surface area (Å²) in [6, 6.07) is 22.2. The Morgan fingerprint density at radius 1 is 1.00 bits per heavy atom. The monoisotopic (exact) mass is 354 g/mol. The maximum atomic E-state index is 9.64. The van der Waals surface area contributed by atoms with Crippen LogP contribution in [-0.4, -0.2) is 15.2 Å². The first-order valence-electron chi connectivity index (χ1n) is 8.07. The number of nitrogens with one attached hydrogen (secondary N) is 1. The van der Waals surface area contributed by atoms with Gasteiger partial charge >= 0.3 is 0 Å². The molecule has 0 aliphatic heterocycles. The highest BCUT2D eigenvalue weighted by atomic mass is 32.1. The number of allylic oxidation sites excluding steroid dienone is 1. The molecule has 2 heterocycles. The first kappa shape index (κ1) is 16.0. The average molecular weight is 354 g/mol. The predicted molar refractivity (Wildman–Crippen MR) is 105 cm³/mol. The summed E-state index contributed by atoms with van der Waals surface area (Å²) < 4.78 is 0. The SMILES string of the molecule is N#CC(=Cc1cn[nH]c1-c1ccccc1)c1nc(-c2ccccc2)cs1. The number of hydrogen-bond acceptors (Lipinski definition) is 4. The van der Waals surface area contributed by atoms with Crippen LogP contribution in [0.4, 0.5) is 0 Å². The zero-order chi connectivity index (χ0) is 17.8. The number of aromatic amines is 1. The Bertz CT molecular complexity index is 1090. The highest BCUT2D eigenvalue weighted by molar-refractivity contribution is 7.11. The topological polar surface area (TPSA) is 65.4 Å². The zero-order valence-corrected chi connectivity index (χ0v) is 14.6. The summed E-state index contributed by atoms with van der Waals surface area (Å²) in [6.07, 6.45) is 3.56. The third-order valence-electron chi connectivity index (χ3n) is 3.96. The molecule has 0 unspecified atom stereocenters. The minimum atomic E-state index is 0.524. The standard InChI is InChI=1S/C21H14N4S/c22-12-17(21-24-19(14-26-21)15-7-3-1-4-8-15)11-18-13-23-25-20(18)16-9-5-2-6-10-16/h1-11,13-14H,(H,23,25). The van der Waals surface area contributed by atoms with Gasteiger partial charge < -0.3 is 0 Å². The van der Waals surface area contributed by atoms with Gasteiger partial charge in [-0.3, -0.25) is 5.10 Å². The van der Waals surface area contributed by atoms with Gasteiger partial charge in [0.25, 0.3) is 0 Å². The van der Waals surface area contributed by atoms with E-state index in [2.05, 4.69) is 21.3 Å². The third kappa shape index (κ3) is 3.18. The molecule has 4 aromatic rings. The Labute approximate surface area is 155 Å². The van der Waals surface area contributed by atoms with Crippen LogP contribution < -0.4 is 0 Å². The third-order valence-corrected chi connectivity index (χ3v) is 4.83. The second-order valence-electron chi connectivity index (χ2n) is 5.64. The minimum Gasteiger partial charge on any atom is -0.277 e. The predicted octanol–water partition coefficient (Wildman–Crippen LogP) is 5.26. The molecule has 26 heavy (non-hydrogen) atoms. The van der Waals surface area contributed by atoms with E-state index in [0.717, 1.165) is 28.1 Å². The lowest BCUT2D eigenvalue weighted by molar-refractivity contribution is 1.10. The Kier molecular flexibility index (Phi) is 4.42. The van der Waals surface area contributed by atoms with Crippen LogP contribution >= 0.6 is 11.3 Å². The molecule has 0 radical (unpaired) electrons. The van der Waals surface area contributed by atoms with E-state index in [9.17, 15) is 5.26 Å². The molecule has 4 rings (SSSR count). The zero-order valence-electron chi connectivity index (χ0n) is 13.8. The molecule has 124 valence electrons. The van der Waals surface area contributed by atoms with Gasteiger partial charge in [0.15, 0.2) is 0 Å². The second-order valence-corrected chi connectivity index (χ2v) is 6.50. The van der Waals surface area contributed by atoms with E-state index in [1.54, 1.807) is 6.20 Å². The van der Waals surface area contributed by atoms with Crippen LogP contribution in [-0.2, 0) is 0 Å². The van der Waals surface area contributed by atoms with Crippen molar-refractivity contribution in [2.45, 2.75) is 0 Å². The molecule has 4 nitrogen and oxygen atoms in total. The first-order chi connectivity index (χ1) is 12.8. The van der Waals surface area contributed by atoms with Crippen molar-refractivity contribution in [2.24, 2.45) is 0 Å². The normalized spacial score (nSPS) is 11.3. The van der Waals surface area contributed by atoms with Crippen LogP contribution in [0.15, 0.2) is 72.2 Å². The number of thiazole rings is 1. The maximum Gasteiger partial charge on any atom is 0.134 e. The summed E-state index contributed by atoms with van der Waals surface area (Å²) in [6.45, 7) is 0. The van der Waals surface area contributed by atoms with Crippen LogP contribution in [0.25, 0.3) is 34.2 Å². The molecule has 0 fully saturated rings. The van der Waals surface area contributed by atoms with Crippen LogP contribution in [0.1, 0.15) is 10.6 Å². The molecule has 0 spiro atoms. The Morgan fingerprint density at radius 2 is 1.69 bits per heavy atom. The summed E-state index contributed by atoms with van der Waals surface area (Å²) in [4.78, 5) is 4.63. The van der Waals surface area contributed by atoms with Crippen molar-refractivity contribution >= 4 is 23.0 Å². The fraction of sp³-hybridized carbons (Fsp3) is 0. The second kappa shape index (κ2) is 7.18. The van der Waals surface area contributed by atoms with Crippen molar-refractivity contribution in [2.75, 3.05) is 0 Å². The summed E-state index contributed by atoms with van der Waals surface area (Å²) in [5, 5.41) is 19.5. The van der Waals surface area contributed by atoms with Gasteiger partial charge in [0.05, 0.1) is 23.2 Å². The molecule has 0 saturated carbocycles. The molecule has 0 atom stereocenters. The van der Waals surface area contributed by atoms with Gasteiger partial charge in [-0.2, -0.15) is 10.4 Å². The van der Waals surface area contributed by atoms with Crippen molar-refractivity contribution < 1.29 is 0 Å². The number of nitriles is 1. The van der Waals surface area contributed by atoms with E-state index in [0.29, 0.717) is 10.6 Å². The lowest BCUT2D eigenvalue weighted by atomic mass is 10.1. The molecule has 0 aliphatic carbocycles. The van der Waals surface area contributed by atoms with E-state index in [1.807, 2.05) is 72.1 Å². The molecule has 2 aromatic carbocycles. The van der Waals surface area contributed by atoms with Crippen LogP contribution in [0, 0.1) is 11.3 Å². The van der Waals surface area contributed by atoms with Gasteiger partial charge in [-0.05, 0) is 6.08 Å². The number of aromatic nitrogens is 3. The molecule has 2 aromatic heterocycles. The minimum absolute atomic E-state index is 0.524. The number of H-pyrrole nitrogens is 1. The first-order valence-corrected chi connectivity index (χ1v) is 8.95. The number of hydrogen-bond donors (Lipinski definition) is 1. The smallest absolute Gasteiger partial charge is 0.134 e. The van der Waals surface area contributed by atoms with Crippen LogP contribution in [0.2, 0.25) is 0 Å². The summed E-state index contributed by atoms with van der Waals surface area (Å²) >= 11 is 1.47. The number of rotatable bonds is 4. The van der Waals surface area contributed by atoms with E-state index in [-0.39, 0.29) is 0 Å². The largest absolute Gasteiger partial charge is 0.277 e. The van der Waals surface area contributed by atoms with E-state index < -0.39 is 0 Å². The molecule has 1 N–H and O–H groups in total. The Morgan fingerprint density at radius 3 is 2.38 bits per heavy atom. The molecule has 0 amide bonds. The summed E-state index contributed by atoms with van der Waals surface area (Å²) in [7, 11) is 0. The van der Waals surface area contributed by atoms with E-state index in [4.69, 9.17) is 0 Å². The highest BCUT2D eigenvalue weighted by Gasteiger charge is 2.11. The van der Waals surface area contributed by atoms with Crippen molar-refractivity contribution in [1.29, 1.82) is 5.26 Å². The van der Waals surface area contributed by atoms with Gasteiger partial charge in [0, 0.05) is 22.1 Å².